The van der Waals surface area contributed by atoms with Crippen LogP contribution in [0.15, 0.2) is 227 Å². The highest BCUT2D eigenvalue weighted by molar-refractivity contribution is 6.07. The van der Waals surface area contributed by atoms with Gasteiger partial charge in [-0.3, -0.25) is 48.3 Å². The van der Waals surface area contributed by atoms with E-state index in [1.807, 2.05) is 85.8 Å². The Morgan fingerprint density at radius 3 is 1.25 bits per heavy atom. The normalized spacial score (nSPS) is 16.5. The van der Waals surface area contributed by atoms with Gasteiger partial charge in [0.15, 0.2) is 5.65 Å². The first kappa shape index (κ1) is 94.6. The van der Waals surface area contributed by atoms with E-state index in [-0.39, 0.29) is 76.3 Å². The summed E-state index contributed by atoms with van der Waals surface area (Å²) in [6.45, 7) is 17.2. The Kier molecular flexibility index (Phi) is 31.2. The van der Waals surface area contributed by atoms with Gasteiger partial charge in [0.25, 0.3) is 45.9 Å². The molecule has 15 N–H and O–H groups in total. The number of aliphatic hydroxyl groups excluding tert-OH is 2. The smallest absolute Gasteiger partial charge is 0.271 e. The highest BCUT2D eigenvalue weighted by Crippen LogP contribution is 2.33. The molecule has 13 aromatic rings. The minimum atomic E-state index is -0.533. The lowest BCUT2D eigenvalue weighted by molar-refractivity contribution is 0.101. The number of hydrogen-bond donors (Lipinski definition) is 15. The molecule has 36 nitrogen and oxygen atoms in total. The summed E-state index contributed by atoms with van der Waals surface area (Å²) in [5.41, 5.74) is 11.9. The monoisotopic (exact) mass is 1860 g/mol. The van der Waals surface area contributed by atoms with Crippen LogP contribution in [0.4, 0.5) is 63.0 Å². The number of pyridine rings is 5. The van der Waals surface area contributed by atoms with Crippen LogP contribution in [0.1, 0.15) is 132 Å². The van der Waals surface area contributed by atoms with Gasteiger partial charge in [-0.1, -0.05) is 6.07 Å². The van der Waals surface area contributed by atoms with Crippen LogP contribution < -0.4 is 84.4 Å². The summed E-state index contributed by atoms with van der Waals surface area (Å²) in [6.07, 6.45) is 32.1. The lowest BCUT2D eigenvalue weighted by atomic mass is 10.1. The number of rotatable bonds is 28. The Labute approximate surface area is 796 Å². The molecule has 0 bridgehead atoms. The summed E-state index contributed by atoms with van der Waals surface area (Å²) in [7, 11) is 0. The molecule has 1 saturated carbocycles. The Hall–Kier alpha value is -15.1. The van der Waals surface area contributed by atoms with Gasteiger partial charge in [-0.05, 0) is 256 Å². The number of carbonyl (C=O) groups excluding carboxylic acids is 4. The van der Waals surface area contributed by atoms with Crippen molar-refractivity contribution in [2.45, 2.75) is 115 Å². The van der Waals surface area contributed by atoms with Crippen molar-refractivity contribution < 1.29 is 29.4 Å². The van der Waals surface area contributed by atoms with E-state index in [4.69, 9.17) is 0 Å². The number of piperidine rings is 1. The number of likely N-dealkylation sites (tertiary alicyclic amines) is 2. The summed E-state index contributed by atoms with van der Waals surface area (Å²) in [5.74, 6) is 0.458. The van der Waals surface area contributed by atoms with E-state index in [1.165, 1.54) is 103 Å². The van der Waals surface area contributed by atoms with Crippen LogP contribution in [0.3, 0.4) is 0 Å². The highest BCUT2D eigenvalue weighted by atomic mass is 16.3. The average Bonchev–Trinajstić information content (AvgIpc) is 1.66. The van der Waals surface area contributed by atoms with Gasteiger partial charge in [-0.15, -0.1) is 0 Å². The Balaban J connectivity index is 0.000000128. The van der Waals surface area contributed by atoms with Gasteiger partial charge in [0, 0.05) is 188 Å². The van der Waals surface area contributed by atoms with Crippen molar-refractivity contribution >= 4 is 97.7 Å². The van der Waals surface area contributed by atoms with Crippen molar-refractivity contribution in [3.63, 3.8) is 0 Å². The molecule has 714 valence electrons. The van der Waals surface area contributed by atoms with Crippen molar-refractivity contribution in [2.75, 3.05) is 168 Å². The molecule has 36 heteroatoms. The number of fused-ring (bicyclic) bond motifs is 1. The zero-order valence-electron chi connectivity index (χ0n) is 77.1. The second-order valence-electron chi connectivity index (χ2n) is 35.4. The van der Waals surface area contributed by atoms with Gasteiger partial charge < -0.3 is 107 Å². The fourth-order valence-corrected chi connectivity index (χ4v) is 18.1. The topological polar surface area (TPSA) is 462 Å². The number of carbonyl (C=O) groups is 4. The quantitative estimate of drug-likeness (QED) is 0.0216. The predicted molar refractivity (Wildman–Crippen MR) is 540 cm³/mol. The minimum Gasteiger partial charge on any atom is -0.394 e. The molecule has 1 aliphatic carbocycles. The lowest BCUT2D eigenvalue weighted by Crippen LogP contribution is -2.43. The third kappa shape index (κ3) is 24.6. The molecule has 9 aromatic heterocycles. The lowest BCUT2D eigenvalue weighted by Gasteiger charge is -2.30. The van der Waals surface area contributed by atoms with E-state index in [9.17, 15) is 48.6 Å². The number of aliphatic hydroxyl groups is 2. The number of aromatic nitrogens is 12. The Morgan fingerprint density at radius 1 is 0.406 bits per heavy atom. The molecule has 7 fully saturated rings. The molecule has 0 unspecified atom stereocenters. The Morgan fingerprint density at radius 2 is 0.812 bits per heavy atom. The van der Waals surface area contributed by atoms with E-state index in [0.717, 1.165) is 113 Å². The number of piperazine rings is 1. The number of H-pyrrole nitrogens is 5. The third-order valence-electron chi connectivity index (χ3n) is 25.6. The molecule has 15 heterocycles. The molecule has 20 rings (SSSR count). The fraction of sp³-hybridized carbons (Fsp3) is 0.343. The van der Waals surface area contributed by atoms with Crippen LogP contribution in [0.5, 0.6) is 0 Å². The molecule has 4 aromatic carbocycles. The van der Waals surface area contributed by atoms with E-state index in [0.29, 0.717) is 109 Å². The molecule has 138 heavy (non-hydrogen) atoms. The van der Waals surface area contributed by atoms with Crippen LogP contribution in [-0.2, 0) is 0 Å². The van der Waals surface area contributed by atoms with Crippen LogP contribution in [0.2, 0.25) is 0 Å². The zero-order valence-corrected chi connectivity index (χ0v) is 77.1. The first-order chi connectivity index (χ1) is 67.5. The van der Waals surface area contributed by atoms with Gasteiger partial charge in [-0.2, -0.15) is 0 Å². The van der Waals surface area contributed by atoms with Crippen LogP contribution in [0.25, 0.3) is 56.2 Å². The SMILES string of the molecule is CCNc1cncc(-c2c[nH]c(=O)c(NC(=O)c3ccc(N4CCC[C@H]4CN4CCCC4)cc3)c2)n1.O=C(Nc1cc(-c2cccc(NC(CO)CO)n2)c[nH]c1=O)c1ccc(N2CCCCC2)cc1.O=C(Nc1cc(-c2cnc3[nH]ccc3n2)c[nH]c1=O)c1ccc(N2CCNCC2)cc1.O=C(Nc1cc(-c2cncc(NC3CC3)n2)c[nH]c1=O)c1ccc(N2CCC[C@H]2CN2CCCC2)cc1. The second-order valence-corrected chi connectivity index (χ2v) is 35.4. The summed E-state index contributed by atoms with van der Waals surface area (Å²) < 4.78 is 0. The van der Waals surface area contributed by atoms with E-state index < -0.39 is 11.6 Å². The fourth-order valence-electron chi connectivity index (χ4n) is 18.1. The molecule has 0 radical (unpaired) electrons. The number of nitrogens with one attached hydrogen (secondary N) is 13. The number of amides is 4. The molecule has 2 atom stereocenters. The second kappa shape index (κ2) is 45.5. The molecular weight excluding hydrogens is 1750 g/mol. The van der Waals surface area contributed by atoms with Crippen molar-refractivity contribution in [3.05, 3.63) is 271 Å². The van der Waals surface area contributed by atoms with Crippen LogP contribution >= 0.6 is 0 Å². The van der Waals surface area contributed by atoms with Crippen molar-refractivity contribution in [1.29, 1.82) is 0 Å². The number of aromatic amines is 5. The molecule has 4 amide bonds. The van der Waals surface area contributed by atoms with Gasteiger partial charge in [0.05, 0.1) is 73.0 Å². The molecular formula is C102H116N26O10. The summed E-state index contributed by atoms with van der Waals surface area (Å²) in [6, 6.07) is 44.7. The van der Waals surface area contributed by atoms with E-state index >= 15 is 0 Å². The average molecular weight is 1870 g/mol. The minimum absolute atomic E-state index is 0.117. The largest absolute Gasteiger partial charge is 0.394 e. The third-order valence-corrected chi connectivity index (χ3v) is 25.6. The Bertz CT molecular complexity index is 6600. The first-order valence-corrected chi connectivity index (χ1v) is 47.6. The molecule has 0 spiro atoms. The maximum atomic E-state index is 13.0. The van der Waals surface area contributed by atoms with Crippen LogP contribution in [-0.4, -0.2) is 239 Å². The predicted octanol–water partition coefficient (Wildman–Crippen LogP) is 11.7. The maximum absolute atomic E-state index is 13.0. The van der Waals surface area contributed by atoms with E-state index in [1.54, 1.807) is 123 Å². The van der Waals surface area contributed by atoms with Crippen LogP contribution in [0, 0.1) is 0 Å². The summed E-state index contributed by atoms with van der Waals surface area (Å²) in [5, 5.41) is 42.2. The highest BCUT2D eigenvalue weighted by Gasteiger charge is 2.31. The molecule has 7 aliphatic rings. The van der Waals surface area contributed by atoms with Gasteiger partial charge in [0.2, 0.25) is 0 Å². The van der Waals surface area contributed by atoms with Gasteiger partial charge in [-0.25, -0.2) is 24.9 Å². The maximum Gasteiger partial charge on any atom is 0.271 e. The van der Waals surface area contributed by atoms with Crippen molar-refractivity contribution in [1.82, 2.24) is 74.9 Å². The van der Waals surface area contributed by atoms with E-state index in [2.05, 4.69) is 132 Å². The summed E-state index contributed by atoms with van der Waals surface area (Å²) >= 11 is 0. The first-order valence-electron chi connectivity index (χ1n) is 47.6. The standard InChI is InChI=1S/C28H33N7O2.C27H33N7O2.C25H29N5O4.C22H21N7O2/c36-27(19-5-9-22(10-6-19)35-13-3-4-23(35)18-34-11-1-2-12-34)33-24-14-20(15-30-28(24)37)25-16-29-17-26(32-25)31-21-7-8-21;1-2-29-25-17-28-16-24(31-25)20-14-23(27(36)30-15-20)32-26(35)19-7-9-21(10-8-19)34-13-5-6-22(34)18-33-11-3-4-12-33;31-15-19(16-32)27-23-6-4-5-21(28-23)18-13-22(25(34)26-14-18)29-24(33)17-7-9-20(10-8-17)30-11-2-1-3-12-30;30-21(14-1-3-16(4-2-14)29-9-7-23-8-10-29)28-18-11-15(12-26-22(18)31)19-13-25-20-17(27-19)5-6-24-20/h5-6,9-10,14-17,21,23H,1-4,7-8,11-13,18H2,(H,30,37)(H,31,32)(H,33,36);7-10,14-17,22H,2-6,11-13,18H2,1H3,(H,29,31)(H,30,36)(H,32,35);4-10,13-14,19,31-32H,1-3,11-12,15-16H2,(H,26,34)(H,27,28)(H,29,33);1-6,11-13,23H,7-10H2,(H,24,25)(H,26,31)(H,28,30)/t23-;22-;;/m00../s1. The van der Waals surface area contributed by atoms with Crippen molar-refractivity contribution in [3.8, 4) is 45.0 Å². The molecule has 6 saturated heterocycles. The molecule has 6 aliphatic heterocycles. The zero-order chi connectivity index (χ0) is 95.2. The van der Waals surface area contributed by atoms with Crippen molar-refractivity contribution in [2.24, 2.45) is 0 Å². The number of hydrogen-bond acceptors (Lipinski definition) is 27. The van der Waals surface area contributed by atoms with Gasteiger partial charge >= 0.3 is 0 Å². The number of nitrogens with zero attached hydrogens (tertiary/aromatic N) is 13. The number of benzene rings is 4. The summed E-state index contributed by atoms with van der Waals surface area (Å²) in [4.78, 5) is 160. The number of anilines is 11. The van der Waals surface area contributed by atoms with Gasteiger partial charge in [0.1, 0.15) is 45.7 Å².